The van der Waals surface area contributed by atoms with Crippen molar-refractivity contribution in [1.29, 1.82) is 5.26 Å². The number of phenolic OH excluding ortho intramolecular Hbond substituents is 1. The molecule has 0 aliphatic heterocycles. The van der Waals surface area contributed by atoms with Crippen molar-refractivity contribution in [2.24, 2.45) is 0 Å². The number of nitrogens with one attached hydrogen (secondary N) is 1. The van der Waals surface area contributed by atoms with Gasteiger partial charge in [-0.05, 0) is 36.8 Å². The summed E-state index contributed by atoms with van der Waals surface area (Å²) in [5, 5.41) is 19.1. The Bertz CT molecular complexity index is 844. The van der Waals surface area contributed by atoms with Crippen LogP contribution >= 0.6 is 11.6 Å². The zero-order valence-corrected chi connectivity index (χ0v) is 12.4. The van der Waals surface area contributed by atoms with E-state index < -0.39 is 10.0 Å². The summed E-state index contributed by atoms with van der Waals surface area (Å²) in [6, 6.07) is 7.14. The number of nitrogens with zero attached hydrogens (tertiary/aromatic N) is 2. The number of hydrogen-bond donors (Lipinski definition) is 2. The van der Waals surface area contributed by atoms with Gasteiger partial charge in [0.2, 0.25) is 0 Å². The van der Waals surface area contributed by atoms with Gasteiger partial charge in [-0.3, -0.25) is 4.72 Å². The Hall–Kier alpha value is -2.30. The van der Waals surface area contributed by atoms with Crippen molar-refractivity contribution in [1.82, 2.24) is 4.98 Å². The molecule has 108 valence electrons. The lowest BCUT2D eigenvalue weighted by atomic mass is 10.2. The van der Waals surface area contributed by atoms with Crippen molar-refractivity contribution < 1.29 is 13.5 Å². The summed E-state index contributed by atoms with van der Waals surface area (Å²) in [6.45, 7) is 1.59. The van der Waals surface area contributed by atoms with E-state index in [1.165, 1.54) is 30.5 Å². The number of rotatable bonds is 3. The normalized spacial score (nSPS) is 10.9. The van der Waals surface area contributed by atoms with Gasteiger partial charge >= 0.3 is 0 Å². The highest BCUT2D eigenvalue weighted by Crippen LogP contribution is 2.32. The summed E-state index contributed by atoms with van der Waals surface area (Å²) in [4.78, 5) is 3.42. The van der Waals surface area contributed by atoms with E-state index in [0.29, 0.717) is 5.56 Å². The maximum atomic E-state index is 12.3. The number of pyridine rings is 1. The first-order valence-corrected chi connectivity index (χ1v) is 7.58. The Morgan fingerprint density at radius 2 is 2.14 bits per heavy atom. The molecule has 0 unspecified atom stereocenters. The molecule has 21 heavy (non-hydrogen) atoms. The van der Waals surface area contributed by atoms with Crippen LogP contribution in [0, 0.1) is 18.3 Å². The molecule has 1 heterocycles. The number of nitriles is 1. The molecule has 0 atom stereocenters. The molecule has 2 aromatic rings. The van der Waals surface area contributed by atoms with Crippen LogP contribution in [0.5, 0.6) is 5.75 Å². The molecule has 0 fully saturated rings. The van der Waals surface area contributed by atoms with Gasteiger partial charge in [0.1, 0.15) is 16.7 Å². The maximum absolute atomic E-state index is 12.3. The average molecular weight is 324 g/mol. The summed E-state index contributed by atoms with van der Waals surface area (Å²) in [6.07, 6.45) is 1.32. The molecule has 8 heteroatoms. The van der Waals surface area contributed by atoms with Gasteiger partial charge in [-0.25, -0.2) is 13.4 Å². The van der Waals surface area contributed by atoms with E-state index in [1.54, 1.807) is 13.0 Å². The molecule has 2 N–H and O–H groups in total. The van der Waals surface area contributed by atoms with E-state index in [0.717, 1.165) is 0 Å². The molecule has 1 aromatic heterocycles. The van der Waals surface area contributed by atoms with Crippen LogP contribution in [0.3, 0.4) is 0 Å². The van der Waals surface area contributed by atoms with E-state index in [-0.39, 0.29) is 27.0 Å². The molecule has 0 aliphatic rings. The SMILES string of the molecule is Cc1cc(Cl)cc(NS(=O)(=O)c2cccnc2C#N)c1O. The van der Waals surface area contributed by atoms with Crippen LogP contribution in [0.4, 0.5) is 5.69 Å². The lowest BCUT2D eigenvalue weighted by Crippen LogP contribution is -2.15. The number of aryl methyl sites for hydroxylation is 1. The highest BCUT2D eigenvalue weighted by molar-refractivity contribution is 7.92. The molecule has 0 amide bonds. The number of halogens is 1. The number of aromatic hydroxyl groups is 1. The largest absolute Gasteiger partial charge is 0.505 e. The molecule has 0 radical (unpaired) electrons. The van der Waals surface area contributed by atoms with Gasteiger partial charge in [0.05, 0.1) is 5.69 Å². The monoisotopic (exact) mass is 323 g/mol. The van der Waals surface area contributed by atoms with Gasteiger partial charge in [-0.2, -0.15) is 5.26 Å². The summed E-state index contributed by atoms with van der Waals surface area (Å²) < 4.78 is 26.8. The Labute approximate surface area is 126 Å². The third-order valence-corrected chi connectivity index (χ3v) is 4.29. The first kappa shape index (κ1) is 15.1. The zero-order chi connectivity index (χ0) is 15.6. The Balaban J connectivity index is 2.51. The van der Waals surface area contributed by atoms with Crippen LogP contribution < -0.4 is 4.72 Å². The Morgan fingerprint density at radius 1 is 1.43 bits per heavy atom. The van der Waals surface area contributed by atoms with Crippen molar-refractivity contribution in [2.75, 3.05) is 4.72 Å². The van der Waals surface area contributed by atoms with Crippen molar-refractivity contribution in [2.45, 2.75) is 11.8 Å². The van der Waals surface area contributed by atoms with E-state index in [4.69, 9.17) is 16.9 Å². The molecule has 0 saturated heterocycles. The van der Waals surface area contributed by atoms with Crippen LogP contribution in [0.2, 0.25) is 5.02 Å². The molecule has 1 aromatic carbocycles. The second kappa shape index (κ2) is 5.60. The van der Waals surface area contributed by atoms with Crippen LogP contribution in [-0.2, 0) is 10.0 Å². The summed E-state index contributed by atoms with van der Waals surface area (Å²) in [5.41, 5.74) is 0.128. The second-order valence-corrected chi connectivity index (χ2v) is 6.27. The first-order valence-electron chi connectivity index (χ1n) is 5.72. The van der Waals surface area contributed by atoms with Crippen LogP contribution in [-0.4, -0.2) is 18.5 Å². The fourth-order valence-electron chi connectivity index (χ4n) is 1.70. The summed E-state index contributed by atoms with van der Waals surface area (Å²) in [7, 11) is -4.07. The third kappa shape index (κ3) is 3.07. The summed E-state index contributed by atoms with van der Waals surface area (Å²) in [5.74, 6) is -0.231. The minimum absolute atomic E-state index is 0.0623. The Morgan fingerprint density at radius 3 is 2.81 bits per heavy atom. The third-order valence-electron chi connectivity index (χ3n) is 2.68. The first-order chi connectivity index (χ1) is 9.85. The molecule has 0 spiro atoms. The number of hydrogen-bond acceptors (Lipinski definition) is 5. The highest BCUT2D eigenvalue weighted by Gasteiger charge is 2.21. The lowest BCUT2D eigenvalue weighted by molar-refractivity contribution is 0.473. The van der Waals surface area contributed by atoms with Crippen LogP contribution in [0.25, 0.3) is 0 Å². The van der Waals surface area contributed by atoms with E-state index in [2.05, 4.69) is 9.71 Å². The van der Waals surface area contributed by atoms with Gasteiger partial charge < -0.3 is 5.11 Å². The minimum Gasteiger partial charge on any atom is -0.505 e. The van der Waals surface area contributed by atoms with Gasteiger partial charge in [0.25, 0.3) is 10.0 Å². The topological polar surface area (TPSA) is 103 Å². The highest BCUT2D eigenvalue weighted by atomic mass is 35.5. The molecular weight excluding hydrogens is 314 g/mol. The van der Waals surface area contributed by atoms with Crippen molar-refractivity contribution >= 4 is 27.3 Å². The zero-order valence-electron chi connectivity index (χ0n) is 10.8. The standard InChI is InChI=1S/C13H10ClN3O3S/c1-8-5-9(14)6-10(13(8)18)17-21(19,20)12-3-2-4-16-11(12)7-15/h2-6,17-18H,1H3. The van der Waals surface area contributed by atoms with E-state index >= 15 is 0 Å². The van der Waals surface area contributed by atoms with E-state index in [9.17, 15) is 13.5 Å². The molecular formula is C13H10ClN3O3S. The summed E-state index contributed by atoms with van der Waals surface area (Å²) >= 11 is 5.84. The van der Waals surface area contributed by atoms with Crippen LogP contribution in [0.15, 0.2) is 35.4 Å². The molecule has 0 bridgehead atoms. The quantitative estimate of drug-likeness (QED) is 0.844. The van der Waals surface area contributed by atoms with Gasteiger partial charge in [-0.15, -0.1) is 0 Å². The second-order valence-electron chi connectivity index (χ2n) is 4.19. The van der Waals surface area contributed by atoms with E-state index in [1.807, 2.05) is 0 Å². The fraction of sp³-hybridized carbons (Fsp3) is 0.0769. The van der Waals surface area contributed by atoms with Crippen LogP contribution in [0.1, 0.15) is 11.3 Å². The predicted octanol–water partition coefficient (Wildman–Crippen LogP) is 2.42. The fourth-order valence-corrected chi connectivity index (χ4v) is 3.14. The number of phenols is 1. The smallest absolute Gasteiger partial charge is 0.264 e. The molecule has 0 saturated carbocycles. The Kier molecular flexibility index (Phi) is 4.02. The van der Waals surface area contributed by atoms with Gasteiger partial charge in [0, 0.05) is 11.2 Å². The molecule has 6 nitrogen and oxygen atoms in total. The molecule has 2 rings (SSSR count). The van der Waals surface area contributed by atoms with Gasteiger partial charge in [-0.1, -0.05) is 11.6 Å². The number of anilines is 1. The minimum atomic E-state index is -4.07. The van der Waals surface area contributed by atoms with Crippen molar-refractivity contribution in [3.63, 3.8) is 0 Å². The number of sulfonamides is 1. The van der Waals surface area contributed by atoms with Crippen molar-refractivity contribution in [3.8, 4) is 11.8 Å². The van der Waals surface area contributed by atoms with Gasteiger partial charge in [0.15, 0.2) is 5.69 Å². The number of benzene rings is 1. The number of aromatic nitrogens is 1. The average Bonchev–Trinajstić information content (AvgIpc) is 2.44. The predicted molar refractivity (Wildman–Crippen MR) is 77.6 cm³/mol. The molecule has 0 aliphatic carbocycles. The van der Waals surface area contributed by atoms with Crippen molar-refractivity contribution in [3.05, 3.63) is 46.7 Å². The lowest BCUT2D eigenvalue weighted by Gasteiger charge is -2.12. The maximum Gasteiger partial charge on any atom is 0.264 e.